The number of amides is 2. The first kappa shape index (κ1) is 20.7. The fourth-order valence-electron chi connectivity index (χ4n) is 3.05. The number of benzene rings is 1. The molecule has 2 amide bonds. The van der Waals surface area contributed by atoms with Crippen molar-refractivity contribution in [3.8, 4) is 0 Å². The van der Waals surface area contributed by atoms with Crippen LogP contribution in [0.2, 0.25) is 0 Å². The SMILES string of the molecule is CCNC(=O)c1ccc(NC(=O)CCc2c(C)nn(CC(C)C)c2C)cc1. The lowest BCUT2D eigenvalue weighted by molar-refractivity contribution is -0.116. The Morgan fingerprint density at radius 1 is 1.15 bits per heavy atom. The highest BCUT2D eigenvalue weighted by atomic mass is 16.2. The zero-order valence-corrected chi connectivity index (χ0v) is 16.9. The van der Waals surface area contributed by atoms with Crippen LogP contribution >= 0.6 is 0 Å². The number of nitrogens with one attached hydrogen (secondary N) is 2. The molecule has 0 aliphatic carbocycles. The molecular weight excluding hydrogens is 340 g/mol. The Morgan fingerprint density at radius 3 is 2.41 bits per heavy atom. The molecule has 1 heterocycles. The van der Waals surface area contributed by atoms with Crippen molar-refractivity contribution in [3.63, 3.8) is 0 Å². The van der Waals surface area contributed by atoms with E-state index in [-0.39, 0.29) is 11.8 Å². The monoisotopic (exact) mass is 370 g/mol. The second kappa shape index (κ2) is 9.35. The number of rotatable bonds is 8. The number of anilines is 1. The van der Waals surface area contributed by atoms with Crippen molar-refractivity contribution in [1.82, 2.24) is 15.1 Å². The molecule has 6 nitrogen and oxygen atoms in total. The van der Waals surface area contributed by atoms with E-state index in [4.69, 9.17) is 0 Å². The number of carbonyl (C=O) groups excluding carboxylic acids is 2. The normalized spacial score (nSPS) is 10.9. The van der Waals surface area contributed by atoms with Gasteiger partial charge in [0.1, 0.15) is 0 Å². The van der Waals surface area contributed by atoms with Crippen molar-refractivity contribution in [2.24, 2.45) is 5.92 Å². The van der Waals surface area contributed by atoms with E-state index in [1.54, 1.807) is 24.3 Å². The van der Waals surface area contributed by atoms with Gasteiger partial charge in [-0.25, -0.2) is 0 Å². The van der Waals surface area contributed by atoms with Crippen molar-refractivity contribution in [2.45, 2.75) is 54.0 Å². The molecule has 1 aromatic carbocycles. The van der Waals surface area contributed by atoms with E-state index >= 15 is 0 Å². The zero-order chi connectivity index (χ0) is 20.0. The molecule has 0 atom stereocenters. The average Bonchev–Trinajstić information content (AvgIpc) is 2.86. The summed E-state index contributed by atoms with van der Waals surface area (Å²) in [4.78, 5) is 24.1. The van der Waals surface area contributed by atoms with Crippen LogP contribution in [0.1, 0.15) is 54.5 Å². The van der Waals surface area contributed by atoms with Crippen LogP contribution in [0.5, 0.6) is 0 Å². The summed E-state index contributed by atoms with van der Waals surface area (Å²) in [5, 5.41) is 10.2. The van der Waals surface area contributed by atoms with Crippen molar-refractivity contribution in [3.05, 3.63) is 46.8 Å². The lowest BCUT2D eigenvalue weighted by atomic mass is 10.1. The van der Waals surface area contributed by atoms with E-state index < -0.39 is 0 Å². The summed E-state index contributed by atoms with van der Waals surface area (Å²) in [5.41, 5.74) is 4.56. The molecule has 0 aliphatic rings. The topological polar surface area (TPSA) is 76.0 Å². The van der Waals surface area contributed by atoms with Gasteiger partial charge in [0.15, 0.2) is 0 Å². The van der Waals surface area contributed by atoms with E-state index in [0.29, 0.717) is 36.6 Å². The molecule has 0 unspecified atom stereocenters. The van der Waals surface area contributed by atoms with Crippen molar-refractivity contribution >= 4 is 17.5 Å². The Morgan fingerprint density at radius 2 is 1.81 bits per heavy atom. The van der Waals surface area contributed by atoms with Gasteiger partial charge < -0.3 is 10.6 Å². The smallest absolute Gasteiger partial charge is 0.251 e. The third-order valence-electron chi connectivity index (χ3n) is 4.44. The number of aromatic nitrogens is 2. The quantitative estimate of drug-likeness (QED) is 0.747. The van der Waals surface area contributed by atoms with Crippen LogP contribution in [-0.2, 0) is 17.8 Å². The van der Waals surface area contributed by atoms with Gasteiger partial charge in [-0.05, 0) is 62.9 Å². The molecule has 0 spiro atoms. The fourth-order valence-corrected chi connectivity index (χ4v) is 3.05. The van der Waals surface area contributed by atoms with E-state index in [9.17, 15) is 9.59 Å². The second-order valence-electron chi connectivity index (χ2n) is 7.21. The molecule has 0 aliphatic heterocycles. The second-order valence-corrected chi connectivity index (χ2v) is 7.21. The molecular formula is C21H30N4O2. The van der Waals surface area contributed by atoms with E-state index in [0.717, 1.165) is 23.5 Å². The van der Waals surface area contributed by atoms with Gasteiger partial charge in [-0.3, -0.25) is 14.3 Å². The minimum Gasteiger partial charge on any atom is -0.352 e. The number of hydrogen-bond donors (Lipinski definition) is 2. The third-order valence-corrected chi connectivity index (χ3v) is 4.44. The summed E-state index contributed by atoms with van der Waals surface area (Å²) in [6.45, 7) is 11.7. The van der Waals surface area contributed by atoms with Crippen LogP contribution in [0.15, 0.2) is 24.3 Å². The summed E-state index contributed by atoms with van der Waals surface area (Å²) in [7, 11) is 0. The van der Waals surface area contributed by atoms with Crippen LogP contribution in [0.4, 0.5) is 5.69 Å². The van der Waals surface area contributed by atoms with Gasteiger partial charge in [0.05, 0.1) is 5.69 Å². The molecule has 2 aromatic rings. The van der Waals surface area contributed by atoms with E-state index in [2.05, 4.69) is 36.5 Å². The van der Waals surface area contributed by atoms with Crippen molar-refractivity contribution < 1.29 is 9.59 Å². The Labute approximate surface area is 161 Å². The molecule has 6 heteroatoms. The molecule has 2 N–H and O–H groups in total. The molecule has 1 aromatic heterocycles. The van der Waals surface area contributed by atoms with Gasteiger partial charge >= 0.3 is 0 Å². The minimum atomic E-state index is -0.111. The van der Waals surface area contributed by atoms with Gasteiger partial charge in [0.2, 0.25) is 5.91 Å². The standard InChI is InChI=1S/C21H30N4O2/c1-6-22-21(27)17-7-9-18(10-8-17)23-20(26)12-11-19-15(4)24-25(16(19)5)13-14(2)3/h7-10,14H,6,11-13H2,1-5H3,(H,22,27)(H,23,26). The fraction of sp³-hybridized carbons (Fsp3) is 0.476. The lowest BCUT2D eigenvalue weighted by Gasteiger charge is -2.09. The molecule has 0 saturated heterocycles. The highest BCUT2D eigenvalue weighted by molar-refractivity contribution is 5.95. The Bertz CT molecular complexity index is 791. The predicted octanol–water partition coefficient (Wildman–Crippen LogP) is 3.48. The Kier molecular flexibility index (Phi) is 7.16. The third kappa shape index (κ3) is 5.67. The Hall–Kier alpha value is -2.63. The largest absolute Gasteiger partial charge is 0.352 e. The maximum Gasteiger partial charge on any atom is 0.251 e. The molecule has 0 fully saturated rings. The zero-order valence-electron chi connectivity index (χ0n) is 16.9. The summed E-state index contributed by atoms with van der Waals surface area (Å²) < 4.78 is 2.04. The molecule has 0 radical (unpaired) electrons. The van der Waals surface area contributed by atoms with E-state index in [1.807, 2.05) is 18.5 Å². The van der Waals surface area contributed by atoms with Crippen LogP contribution in [0.3, 0.4) is 0 Å². The number of aryl methyl sites for hydroxylation is 1. The van der Waals surface area contributed by atoms with Gasteiger partial charge in [-0.1, -0.05) is 13.8 Å². The van der Waals surface area contributed by atoms with Crippen LogP contribution < -0.4 is 10.6 Å². The maximum absolute atomic E-state index is 12.3. The van der Waals surface area contributed by atoms with Crippen molar-refractivity contribution in [2.75, 3.05) is 11.9 Å². The Balaban J connectivity index is 1.93. The van der Waals surface area contributed by atoms with Gasteiger partial charge in [0.25, 0.3) is 5.91 Å². The molecule has 146 valence electrons. The molecule has 2 rings (SSSR count). The summed E-state index contributed by atoms with van der Waals surface area (Å²) >= 11 is 0. The van der Waals surface area contributed by atoms with Gasteiger partial charge in [-0.15, -0.1) is 0 Å². The molecule has 0 saturated carbocycles. The molecule has 27 heavy (non-hydrogen) atoms. The van der Waals surface area contributed by atoms with Crippen LogP contribution in [-0.4, -0.2) is 28.1 Å². The summed E-state index contributed by atoms with van der Waals surface area (Å²) in [5.74, 6) is 0.373. The predicted molar refractivity (Wildman–Crippen MR) is 108 cm³/mol. The summed E-state index contributed by atoms with van der Waals surface area (Å²) in [6.07, 6.45) is 1.06. The number of carbonyl (C=O) groups is 2. The van der Waals surface area contributed by atoms with Crippen LogP contribution in [0.25, 0.3) is 0 Å². The average molecular weight is 370 g/mol. The first-order valence-corrected chi connectivity index (χ1v) is 9.52. The van der Waals surface area contributed by atoms with Crippen molar-refractivity contribution in [1.29, 1.82) is 0 Å². The number of hydrogen-bond acceptors (Lipinski definition) is 3. The lowest BCUT2D eigenvalue weighted by Crippen LogP contribution is -2.22. The summed E-state index contributed by atoms with van der Waals surface area (Å²) in [6, 6.07) is 6.93. The van der Waals surface area contributed by atoms with E-state index in [1.165, 1.54) is 0 Å². The van der Waals surface area contributed by atoms with Crippen LogP contribution in [0, 0.1) is 19.8 Å². The maximum atomic E-state index is 12.3. The van der Waals surface area contributed by atoms with Gasteiger partial charge in [0, 0.05) is 36.5 Å². The molecule has 0 bridgehead atoms. The number of nitrogens with zero attached hydrogens (tertiary/aromatic N) is 2. The highest BCUT2D eigenvalue weighted by Gasteiger charge is 2.14. The minimum absolute atomic E-state index is 0.0452. The first-order chi connectivity index (χ1) is 12.8. The highest BCUT2D eigenvalue weighted by Crippen LogP contribution is 2.17. The van der Waals surface area contributed by atoms with Gasteiger partial charge in [-0.2, -0.15) is 5.10 Å². The first-order valence-electron chi connectivity index (χ1n) is 9.52.